The van der Waals surface area contributed by atoms with Gasteiger partial charge in [-0.1, -0.05) is 6.42 Å². The standard InChI is InChI=1S/C13H19F3N4OS/c1-17-12(18-5-8-3-2-4-9(8)21)19-6-11-20-10(7-22-11)13(14,15)16/h7-9,21H,2-6H2,1H3,(H2,17,18,19). The number of thiazole rings is 1. The van der Waals surface area contributed by atoms with E-state index >= 15 is 0 Å². The molecule has 1 saturated carbocycles. The van der Waals surface area contributed by atoms with Crippen LogP contribution in [0.1, 0.15) is 30.0 Å². The highest BCUT2D eigenvalue weighted by atomic mass is 32.1. The van der Waals surface area contributed by atoms with Crippen LogP contribution in [-0.4, -0.2) is 35.7 Å². The lowest BCUT2D eigenvalue weighted by molar-refractivity contribution is -0.140. The van der Waals surface area contributed by atoms with Gasteiger partial charge in [0.15, 0.2) is 11.7 Å². The number of rotatable bonds is 4. The lowest BCUT2D eigenvalue weighted by atomic mass is 10.1. The van der Waals surface area contributed by atoms with Crippen molar-refractivity contribution in [1.29, 1.82) is 0 Å². The third kappa shape index (κ3) is 4.57. The Kier molecular flexibility index (Phi) is 5.63. The summed E-state index contributed by atoms with van der Waals surface area (Å²) in [6.45, 7) is 0.764. The van der Waals surface area contributed by atoms with Crippen LogP contribution in [0.15, 0.2) is 10.4 Å². The molecular weight excluding hydrogens is 317 g/mol. The lowest BCUT2D eigenvalue weighted by Gasteiger charge is -2.17. The van der Waals surface area contributed by atoms with Gasteiger partial charge in [0.2, 0.25) is 0 Å². The normalized spacial score (nSPS) is 22.9. The first kappa shape index (κ1) is 17.0. The van der Waals surface area contributed by atoms with Crippen LogP contribution in [0.2, 0.25) is 0 Å². The molecule has 0 radical (unpaired) electrons. The Morgan fingerprint density at radius 1 is 1.45 bits per heavy atom. The molecule has 0 aromatic carbocycles. The van der Waals surface area contributed by atoms with E-state index in [1.54, 1.807) is 7.05 Å². The van der Waals surface area contributed by atoms with Gasteiger partial charge in [0.25, 0.3) is 0 Å². The van der Waals surface area contributed by atoms with E-state index in [0.717, 1.165) is 36.0 Å². The fourth-order valence-electron chi connectivity index (χ4n) is 2.39. The number of aliphatic hydroxyl groups excluding tert-OH is 1. The van der Waals surface area contributed by atoms with Gasteiger partial charge >= 0.3 is 6.18 Å². The molecule has 1 aromatic heterocycles. The Hall–Kier alpha value is -1.35. The fourth-order valence-corrected chi connectivity index (χ4v) is 3.13. The molecule has 9 heteroatoms. The average molecular weight is 336 g/mol. The molecule has 0 amide bonds. The van der Waals surface area contributed by atoms with E-state index in [4.69, 9.17) is 0 Å². The van der Waals surface area contributed by atoms with Gasteiger partial charge < -0.3 is 15.7 Å². The minimum atomic E-state index is -4.41. The van der Waals surface area contributed by atoms with Crippen LogP contribution < -0.4 is 10.6 Å². The smallest absolute Gasteiger partial charge is 0.393 e. The number of hydrogen-bond donors (Lipinski definition) is 3. The third-order valence-electron chi connectivity index (χ3n) is 3.62. The summed E-state index contributed by atoms with van der Waals surface area (Å²) in [5.41, 5.74) is -0.869. The molecule has 124 valence electrons. The molecule has 1 heterocycles. The van der Waals surface area contributed by atoms with Crippen LogP contribution in [0.3, 0.4) is 0 Å². The van der Waals surface area contributed by atoms with E-state index in [0.29, 0.717) is 17.5 Å². The van der Waals surface area contributed by atoms with Gasteiger partial charge in [0.05, 0.1) is 12.6 Å². The number of aliphatic imine (C=N–C) groups is 1. The van der Waals surface area contributed by atoms with Gasteiger partial charge in [-0.3, -0.25) is 4.99 Å². The van der Waals surface area contributed by atoms with Gasteiger partial charge in [-0.2, -0.15) is 13.2 Å². The number of hydrogen-bond acceptors (Lipinski definition) is 4. The molecule has 5 nitrogen and oxygen atoms in total. The molecule has 1 aromatic rings. The Morgan fingerprint density at radius 2 is 2.23 bits per heavy atom. The summed E-state index contributed by atoms with van der Waals surface area (Å²) in [6, 6.07) is 0. The van der Waals surface area contributed by atoms with Crippen molar-refractivity contribution in [2.45, 2.75) is 38.1 Å². The number of halogens is 3. The number of nitrogens with zero attached hydrogens (tertiary/aromatic N) is 2. The van der Waals surface area contributed by atoms with Gasteiger partial charge in [-0.05, 0) is 12.8 Å². The second-order valence-corrected chi connectivity index (χ2v) is 6.13. The topological polar surface area (TPSA) is 69.5 Å². The van der Waals surface area contributed by atoms with E-state index in [1.165, 1.54) is 0 Å². The van der Waals surface area contributed by atoms with Crippen LogP contribution in [0.5, 0.6) is 0 Å². The number of nitrogens with one attached hydrogen (secondary N) is 2. The zero-order valence-corrected chi connectivity index (χ0v) is 13.0. The molecule has 2 atom stereocenters. The zero-order chi connectivity index (χ0) is 16.2. The number of aromatic nitrogens is 1. The van der Waals surface area contributed by atoms with Crippen molar-refractivity contribution in [2.75, 3.05) is 13.6 Å². The van der Waals surface area contributed by atoms with E-state index in [-0.39, 0.29) is 18.6 Å². The quantitative estimate of drug-likeness (QED) is 0.581. The van der Waals surface area contributed by atoms with E-state index < -0.39 is 11.9 Å². The molecular formula is C13H19F3N4OS. The SMILES string of the molecule is CN=C(NCc1nc(C(F)(F)F)cs1)NCC1CCCC1O. The second kappa shape index (κ2) is 7.28. The van der Waals surface area contributed by atoms with Crippen LogP contribution >= 0.6 is 11.3 Å². The molecule has 22 heavy (non-hydrogen) atoms. The van der Waals surface area contributed by atoms with Crippen LogP contribution in [0.4, 0.5) is 13.2 Å². The molecule has 1 aliphatic rings. The maximum Gasteiger partial charge on any atom is 0.434 e. The summed E-state index contributed by atoms with van der Waals surface area (Å²) in [4.78, 5) is 7.56. The van der Waals surface area contributed by atoms with Gasteiger partial charge in [-0.15, -0.1) is 11.3 Å². The molecule has 3 N–H and O–H groups in total. The van der Waals surface area contributed by atoms with Crippen molar-refractivity contribution in [3.05, 3.63) is 16.1 Å². The highest BCUT2D eigenvalue weighted by molar-refractivity contribution is 7.09. The highest BCUT2D eigenvalue weighted by Gasteiger charge is 2.33. The first-order chi connectivity index (χ1) is 10.4. The molecule has 2 unspecified atom stereocenters. The predicted molar refractivity (Wildman–Crippen MR) is 78.7 cm³/mol. The van der Waals surface area contributed by atoms with Gasteiger partial charge in [0.1, 0.15) is 5.01 Å². The van der Waals surface area contributed by atoms with E-state index in [2.05, 4.69) is 20.6 Å². The second-order valence-electron chi connectivity index (χ2n) is 5.19. The van der Waals surface area contributed by atoms with Crippen LogP contribution in [-0.2, 0) is 12.7 Å². The molecule has 2 rings (SSSR count). The maximum atomic E-state index is 12.5. The summed E-state index contributed by atoms with van der Waals surface area (Å²) in [5, 5.41) is 17.1. The Bertz CT molecular complexity index is 518. The number of guanidine groups is 1. The molecule has 0 aliphatic heterocycles. The molecule has 1 fully saturated rings. The summed E-state index contributed by atoms with van der Waals surface area (Å²) < 4.78 is 37.4. The van der Waals surface area contributed by atoms with Gasteiger partial charge in [-0.25, -0.2) is 4.98 Å². The summed E-state index contributed by atoms with van der Waals surface area (Å²) >= 11 is 0.956. The maximum absolute atomic E-state index is 12.5. The van der Waals surface area contributed by atoms with Crippen LogP contribution in [0.25, 0.3) is 0 Å². The fraction of sp³-hybridized carbons (Fsp3) is 0.692. The zero-order valence-electron chi connectivity index (χ0n) is 12.2. The average Bonchev–Trinajstić information content (AvgIpc) is 3.08. The largest absolute Gasteiger partial charge is 0.434 e. The van der Waals surface area contributed by atoms with Crippen LogP contribution in [0, 0.1) is 5.92 Å². The molecule has 1 aliphatic carbocycles. The van der Waals surface area contributed by atoms with Crippen molar-refractivity contribution in [2.24, 2.45) is 10.9 Å². The summed E-state index contributed by atoms with van der Waals surface area (Å²) in [5.74, 6) is 0.679. The highest BCUT2D eigenvalue weighted by Crippen LogP contribution is 2.30. The predicted octanol–water partition coefficient (Wildman–Crippen LogP) is 1.99. The Morgan fingerprint density at radius 3 is 2.77 bits per heavy atom. The van der Waals surface area contributed by atoms with Crippen molar-refractivity contribution in [1.82, 2.24) is 15.6 Å². The first-order valence-corrected chi connectivity index (χ1v) is 7.92. The Labute approximate surface area is 130 Å². The van der Waals surface area contributed by atoms with Crippen molar-refractivity contribution < 1.29 is 18.3 Å². The number of alkyl halides is 3. The summed E-state index contributed by atoms with van der Waals surface area (Å²) in [6.07, 6.45) is -1.91. The molecule has 0 saturated heterocycles. The van der Waals surface area contributed by atoms with E-state index in [9.17, 15) is 18.3 Å². The Balaban J connectivity index is 1.80. The lowest BCUT2D eigenvalue weighted by Crippen LogP contribution is -2.40. The summed E-state index contributed by atoms with van der Waals surface area (Å²) in [7, 11) is 1.59. The first-order valence-electron chi connectivity index (χ1n) is 7.04. The molecule has 0 bridgehead atoms. The van der Waals surface area contributed by atoms with Gasteiger partial charge in [0, 0.05) is 24.9 Å². The van der Waals surface area contributed by atoms with Crippen molar-refractivity contribution >= 4 is 17.3 Å². The van der Waals surface area contributed by atoms with Crippen molar-refractivity contribution in [3.63, 3.8) is 0 Å². The minimum Gasteiger partial charge on any atom is -0.393 e. The van der Waals surface area contributed by atoms with Crippen molar-refractivity contribution in [3.8, 4) is 0 Å². The third-order valence-corrected chi connectivity index (χ3v) is 4.47. The number of aliphatic hydroxyl groups is 1. The van der Waals surface area contributed by atoms with E-state index in [1.807, 2.05) is 0 Å². The monoisotopic (exact) mass is 336 g/mol. The minimum absolute atomic E-state index is 0.174. The molecule has 0 spiro atoms.